The maximum atomic E-state index is 11.0. The Balaban J connectivity index is 2.56. The molecule has 2 heterocycles. The van der Waals surface area contributed by atoms with Crippen molar-refractivity contribution >= 4 is 0 Å². The van der Waals surface area contributed by atoms with Gasteiger partial charge < -0.3 is 4.42 Å². The minimum atomic E-state index is -0.409. The Morgan fingerprint density at radius 1 is 1.43 bits per heavy atom. The molecule has 2 aromatic rings. The van der Waals surface area contributed by atoms with Crippen LogP contribution in [0.1, 0.15) is 12.6 Å². The Bertz CT molecular complexity index is 470. The number of pyridine rings is 1. The van der Waals surface area contributed by atoms with Gasteiger partial charge in [-0.3, -0.25) is 9.97 Å². The third kappa shape index (κ3) is 1.46. The zero-order valence-electron chi connectivity index (χ0n) is 7.78. The van der Waals surface area contributed by atoms with Gasteiger partial charge in [-0.05, 0) is 18.6 Å². The molecule has 4 nitrogen and oxygen atoms in total. The third-order valence-corrected chi connectivity index (χ3v) is 2.02. The number of nitrogens with one attached hydrogen (secondary N) is 1. The van der Waals surface area contributed by atoms with Gasteiger partial charge in [-0.15, -0.1) is 0 Å². The predicted octanol–water partition coefficient (Wildman–Crippen LogP) is 1.59. The lowest BCUT2D eigenvalue weighted by atomic mass is 10.1. The summed E-state index contributed by atoms with van der Waals surface area (Å²) in [5.41, 5.74) is 1.69. The van der Waals surface area contributed by atoms with Gasteiger partial charge in [0.15, 0.2) is 5.76 Å². The summed E-state index contributed by atoms with van der Waals surface area (Å²) in [5, 5.41) is 0. The second-order valence-corrected chi connectivity index (χ2v) is 2.91. The van der Waals surface area contributed by atoms with Crippen molar-refractivity contribution in [1.82, 2.24) is 9.97 Å². The molecule has 0 fully saturated rings. The lowest BCUT2D eigenvalue weighted by Crippen LogP contribution is -1.95. The number of hydrogen-bond acceptors (Lipinski definition) is 3. The quantitative estimate of drug-likeness (QED) is 0.782. The van der Waals surface area contributed by atoms with Gasteiger partial charge in [0.2, 0.25) is 0 Å². The Kier molecular flexibility index (Phi) is 2.18. The van der Waals surface area contributed by atoms with Crippen molar-refractivity contribution in [2.45, 2.75) is 13.3 Å². The summed E-state index contributed by atoms with van der Waals surface area (Å²) in [7, 11) is 0. The molecule has 0 radical (unpaired) electrons. The maximum absolute atomic E-state index is 11.0. The smallest absolute Gasteiger partial charge is 0.408 e. The number of aromatic nitrogens is 2. The molecule has 0 aliphatic rings. The van der Waals surface area contributed by atoms with Crippen LogP contribution in [0.3, 0.4) is 0 Å². The lowest BCUT2D eigenvalue weighted by Gasteiger charge is -1.96. The number of aromatic amines is 1. The molecule has 0 aliphatic carbocycles. The minimum Gasteiger partial charge on any atom is -0.408 e. The van der Waals surface area contributed by atoms with Gasteiger partial charge in [0, 0.05) is 18.0 Å². The van der Waals surface area contributed by atoms with Crippen LogP contribution in [0.5, 0.6) is 0 Å². The van der Waals surface area contributed by atoms with Crippen LogP contribution in [0.2, 0.25) is 0 Å². The molecule has 0 saturated heterocycles. The van der Waals surface area contributed by atoms with Crippen LogP contribution in [0.25, 0.3) is 11.3 Å². The SMILES string of the molecule is CCc1[nH]c(=O)oc1-c1ccncc1. The fraction of sp³-hybridized carbons (Fsp3) is 0.200. The topological polar surface area (TPSA) is 58.9 Å². The van der Waals surface area contributed by atoms with Crippen LogP contribution >= 0.6 is 0 Å². The summed E-state index contributed by atoms with van der Waals surface area (Å²) in [6, 6.07) is 3.62. The fourth-order valence-corrected chi connectivity index (χ4v) is 1.35. The molecule has 1 N–H and O–H groups in total. The van der Waals surface area contributed by atoms with Gasteiger partial charge in [0.05, 0.1) is 5.69 Å². The van der Waals surface area contributed by atoms with Gasteiger partial charge in [-0.1, -0.05) is 6.92 Å². The van der Waals surface area contributed by atoms with E-state index in [1.807, 2.05) is 19.1 Å². The number of oxazole rings is 1. The van der Waals surface area contributed by atoms with Crippen LogP contribution in [0.4, 0.5) is 0 Å². The van der Waals surface area contributed by atoms with E-state index in [-0.39, 0.29) is 0 Å². The van der Waals surface area contributed by atoms with E-state index in [0.717, 1.165) is 17.7 Å². The standard InChI is InChI=1S/C10H10N2O2/c1-2-8-9(14-10(13)12-8)7-3-5-11-6-4-7/h3-6H,2H2,1H3,(H,12,13). The van der Waals surface area contributed by atoms with Gasteiger partial charge in [-0.2, -0.15) is 0 Å². The van der Waals surface area contributed by atoms with Crippen molar-refractivity contribution < 1.29 is 4.42 Å². The highest BCUT2D eigenvalue weighted by Crippen LogP contribution is 2.20. The van der Waals surface area contributed by atoms with Crippen molar-refractivity contribution in [3.63, 3.8) is 0 Å². The summed E-state index contributed by atoms with van der Waals surface area (Å²) in [6.07, 6.45) is 4.08. The first-order chi connectivity index (χ1) is 6.81. The Labute approximate surface area is 80.6 Å². The highest BCUT2D eigenvalue weighted by molar-refractivity contribution is 5.58. The largest absolute Gasteiger partial charge is 0.417 e. The molecule has 0 spiro atoms. The van der Waals surface area contributed by atoms with Crippen LogP contribution in [-0.2, 0) is 6.42 Å². The summed E-state index contributed by atoms with van der Waals surface area (Å²) in [5.74, 6) is 0.202. The van der Waals surface area contributed by atoms with Crippen molar-refractivity contribution in [3.05, 3.63) is 40.8 Å². The third-order valence-electron chi connectivity index (χ3n) is 2.02. The average Bonchev–Trinajstić information content (AvgIpc) is 2.61. The summed E-state index contributed by atoms with van der Waals surface area (Å²) in [6.45, 7) is 1.96. The highest BCUT2D eigenvalue weighted by Gasteiger charge is 2.09. The molecule has 2 rings (SSSR count). The molecular formula is C10H10N2O2. The van der Waals surface area contributed by atoms with Crippen molar-refractivity contribution in [2.75, 3.05) is 0 Å². The lowest BCUT2D eigenvalue weighted by molar-refractivity contribution is 0.528. The van der Waals surface area contributed by atoms with E-state index in [2.05, 4.69) is 9.97 Å². The second-order valence-electron chi connectivity index (χ2n) is 2.91. The molecule has 0 aromatic carbocycles. The van der Waals surface area contributed by atoms with Crippen molar-refractivity contribution in [2.24, 2.45) is 0 Å². The molecule has 0 saturated carbocycles. The molecule has 0 bridgehead atoms. The van der Waals surface area contributed by atoms with Crippen LogP contribution in [0.15, 0.2) is 33.7 Å². The summed E-state index contributed by atoms with van der Waals surface area (Å²) >= 11 is 0. The second kappa shape index (κ2) is 3.49. The molecule has 0 amide bonds. The highest BCUT2D eigenvalue weighted by atomic mass is 16.4. The van der Waals surface area contributed by atoms with E-state index < -0.39 is 5.76 Å². The first-order valence-corrected chi connectivity index (χ1v) is 4.43. The zero-order chi connectivity index (χ0) is 9.97. The van der Waals surface area contributed by atoms with Gasteiger partial charge in [0.25, 0.3) is 0 Å². The first kappa shape index (κ1) is 8.74. The summed E-state index contributed by atoms with van der Waals surface area (Å²) < 4.78 is 5.05. The van der Waals surface area contributed by atoms with Gasteiger partial charge >= 0.3 is 5.76 Å². The van der Waals surface area contributed by atoms with Gasteiger partial charge in [0.1, 0.15) is 0 Å². The zero-order valence-corrected chi connectivity index (χ0v) is 7.78. The molecule has 0 unspecified atom stereocenters. The maximum Gasteiger partial charge on any atom is 0.417 e. The Morgan fingerprint density at radius 2 is 2.14 bits per heavy atom. The first-order valence-electron chi connectivity index (χ1n) is 4.43. The van der Waals surface area contributed by atoms with Crippen LogP contribution < -0.4 is 5.76 Å². The Morgan fingerprint density at radius 3 is 2.79 bits per heavy atom. The Hall–Kier alpha value is -1.84. The van der Waals surface area contributed by atoms with E-state index in [0.29, 0.717) is 5.76 Å². The van der Waals surface area contributed by atoms with Crippen molar-refractivity contribution in [3.8, 4) is 11.3 Å². The van der Waals surface area contributed by atoms with Gasteiger partial charge in [-0.25, -0.2) is 4.79 Å². The predicted molar refractivity (Wildman–Crippen MR) is 51.9 cm³/mol. The van der Waals surface area contributed by atoms with E-state index in [9.17, 15) is 4.79 Å². The van der Waals surface area contributed by atoms with Crippen molar-refractivity contribution in [1.29, 1.82) is 0 Å². The minimum absolute atomic E-state index is 0.409. The van der Waals surface area contributed by atoms with E-state index in [1.165, 1.54) is 0 Å². The van der Waals surface area contributed by atoms with Crippen LogP contribution in [0, 0.1) is 0 Å². The van der Waals surface area contributed by atoms with E-state index >= 15 is 0 Å². The van der Waals surface area contributed by atoms with E-state index in [1.54, 1.807) is 12.4 Å². The monoisotopic (exact) mass is 190 g/mol. The number of hydrogen-bond donors (Lipinski definition) is 1. The normalized spacial score (nSPS) is 10.4. The molecule has 0 atom stereocenters. The van der Waals surface area contributed by atoms with E-state index in [4.69, 9.17) is 4.42 Å². The molecule has 14 heavy (non-hydrogen) atoms. The molecule has 72 valence electrons. The average molecular weight is 190 g/mol. The number of nitrogens with zero attached hydrogens (tertiary/aromatic N) is 1. The fourth-order valence-electron chi connectivity index (χ4n) is 1.35. The molecule has 2 aromatic heterocycles. The number of aryl methyl sites for hydroxylation is 1. The number of rotatable bonds is 2. The van der Waals surface area contributed by atoms with Crippen LogP contribution in [-0.4, -0.2) is 9.97 Å². The number of H-pyrrole nitrogens is 1. The summed E-state index contributed by atoms with van der Waals surface area (Å²) in [4.78, 5) is 17.6. The molecule has 0 aliphatic heterocycles. The molecule has 4 heteroatoms. The molecular weight excluding hydrogens is 180 g/mol.